The third kappa shape index (κ3) is 5.87. The second kappa shape index (κ2) is 11.5. The minimum atomic E-state index is -4.09. The molecule has 3 aliphatic rings. The van der Waals surface area contributed by atoms with E-state index in [1.54, 1.807) is 0 Å². The highest BCUT2D eigenvalue weighted by atomic mass is 32.7. The maximum atomic E-state index is 13.4. The summed E-state index contributed by atoms with van der Waals surface area (Å²) >= 11 is 9.45. The van der Waals surface area contributed by atoms with Crippen molar-refractivity contribution in [2.45, 2.75) is 49.4 Å². The van der Waals surface area contributed by atoms with Crippen LogP contribution in [-0.4, -0.2) is 84.8 Å². The van der Waals surface area contributed by atoms with E-state index in [1.165, 1.54) is 30.5 Å². The zero-order chi connectivity index (χ0) is 29.8. The molecular formula is C20H25N7O11P2S2. The Balaban J connectivity index is 1.33. The number of thiol groups is 1. The number of fused-ring (bicyclic) bond motifs is 5. The normalized spacial score (nSPS) is 37.5. The van der Waals surface area contributed by atoms with E-state index in [4.69, 9.17) is 49.8 Å². The van der Waals surface area contributed by atoms with Gasteiger partial charge in [0.15, 0.2) is 23.9 Å². The summed E-state index contributed by atoms with van der Waals surface area (Å²) in [6.45, 7) is -8.78. The van der Waals surface area contributed by atoms with E-state index >= 15 is 0 Å². The first kappa shape index (κ1) is 30.0. The van der Waals surface area contributed by atoms with Gasteiger partial charge in [-0.15, -0.1) is 0 Å². The highest BCUT2D eigenvalue weighted by molar-refractivity contribution is 8.44. The fourth-order valence-electron chi connectivity index (χ4n) is 5.04. The van der Waals surface area contributed by atoms with Crippen molar-refractivity contribution in [2.75, 3.05) is 26.1 Å². The van der Waals surface area contributed by atoms with Crippen LogP contribution in [-0.2, 0) is 48.7 Å². The molecule has 0 radical (unpaired) electrons. The summed E-state index contributed by atoms with van der Waals surface area (Å²) in [5.74, 6) is 0.152. The molecule has 4 bridgehead atoms. The number of aromatic nitrogens is 6. The first-order valence-corrected chi connectivity index (χ1v) is 17.6. The molecule has 0 saturated carbocycles. The molecule has 0 aliphatic carbocycles. The van der Waals surface area contributed by atoms with Crippen molar-refractivity contribution in [1.82, 2.24) is 29.1 Å². The van der Waals surface area contributed by atoms with Gasteiger partial charge in [-0.1, -0.05) is 12.2 Å². The summed E-state index contributed by atoms with van der Waals surface area (Å²) in [7, 11) is 1.33. The molecule has 22 heteroatoms. The van der Waals surface area contributed by atoms with Crippen molar-refractivity contribution >= 4 is 54.6 Å². The number of ether oxygens (including phenoxy) is 3. The number of nitrogen functional groups attached to an aromatic ring is 1. The molecule has 3 aliphatic heterocycles. The molecule has 3 aromatic rings. The minimum Gasteiger partial charge on any atom is -0.382 e. The molecule has 3 unspecified atom stereocenters. The zero-order valence-electron chi connectivity index (χ0n) is 21.6. The van der Waals surface area contributed by atoms with Crippen molar-refractivity contribution < 1.29 is 41.8 Å². The van der Waals surface area contributed by atoms with Crippen LogP contribution in [0, 0.1) is 0 Å². The molecule has 3 saturated heterocycles. The second-order valence-corrected chi connectivity index (χ2v) is 15.2. The molecule has 0 spiro atoms. The Labute approximate surface area is 246 Å². The molecule has 3 fully saturated rings. The lowest BCUT2D eigenvalue weighted by Gasteiger charge is -2.28. The van der Waals surface area contributed by atoms with Crippen molar-refractivity contribution in [3.05, 3.63) is 45.8 Å². The van der Waals surface area contributed by atoms with Crippen LogP contribution < -0.4 is 17.0 Å². The van der Waals surface area contributed by atoms with Gasteiger partial charge in [0.05, 0.1) is 25.6 Å². The SMILES string of the molecule is CO[C@H]1C2OP(O)(=S)OC[C@@H]3C[C@@H](OP(=O)(S)OC[C@H]1O[C@H]2n1ccc(=O)[nH]c1=O)[C@H](n1cnc2c(N)ncnc21)O3. The summed E-state index contributed by atoms with van der Waals surface area (Å²) in [4.78, 5) is 49.7. The third-order valence-electron chi connectivity index (χ3n) is 6.84. The van der Waals surface area contributed by atoms with Gasteiger partial charge in [0.25, 0.3) is 5.56 Å². The van der Waals surface area contributed by atoms with Gasteiger partial charge in [-0.05, 0) is 11.8 Å². The van der Waals surface area contributed by atoms with E-state index in [-0.39, 0.29) is 18.8 Å². The van der Waals surface area contributed by atoms with Gasteiger partial charge in [0.1, 0.15) is 36.3 Å². The van der Waals surface area contributed by atoms with Crippen LogP contribution in [0.2, 0.25) is 0 Å². The monoisotopic (exact) mass is 665 g/mol. The average molecular weight is 666 g/mol. The Morgan fingerprint density at radius 2 is 1.95 bits per heavy atom. The van der Waals surface area contributed by atoms with Gasteiger partial charge < -0.3 is 29.4 Å². The van der Waals surface area contributed by atoms with Gasteiger partial charge in [-0.2, -0.15) is 0 Å². The van der Waals surface area contributed by atoms with Gasteiger partial charge in [-0.25, -0.2) is 24.3 Å². The first-order valence-electron chi connectivity index (χ1n) is 12.3. The third-order valence-corrected chi connectivity index (χ3v) is 10.0. The molecule has 6 rings (SSSR count). The van der Waals surface area contributed by atoms with Gasteiger partial charge in [-0.3, -0.25) is 32.5 Å². The Hall–Kier alpha value is -2.06. The lowest BCUT2D eigenvalue weighted by molar-refractivity contribution is -0.0621. The van der Waals surface area contributed by atoms with Crippen LogP contribution in [0.4, 0.5) is 5.82 Å². The van der Waals surface area contributed by atoms with E-state index in [0.29, 0.717) is 11.2 Å². The van der Waals surface area contributed by atoms with Crippen LogP contribution in [0.15, 0.2) is 34.5 Å². The van der Waals surface area contributed by atoms with Crippen molar-refractivity contribution in [3.63, 3.8) is 0 Å². The highest BCUT2D eigenvalue weighted by Gasteiger charge is 2.51. The molecular weight excluding hydrogens is 640 g/mol. The quantitative estimate of drug-likeness (QED) is 0.217. The molecule has 3 aromatic heterocycles. The predicted molar refractivity (Wildman–Crippen MR) is 149 cm³/mol. The summed E-state index contributed by atoms with van der Waals surface area (Å²) < 4.78 is 56.6. The van der Waals surface area contributed by atoms with Gasteiger partial charge >= 0.3 is 19.2 Å². The molecule has 228 valence electrons. The Bertz CT molecular complexity index is 1700. The second-order valence-electron chi connectivity index (χ2n) is 9.49. The van der Waals surface area contributed by atoms with E-state index in [2.05, 4.69) is 32.2 Å². The van der Waals surface area contributed by atoms with Crippen LogP contribution in [0.5, 0.6) is 0 Å². The van der Waals surface area contributed by atoms with Crippen LogP contribution in [0.3, 0.4) is 0 Å². The number of hydrogen-bond acceptors (Lipinski definition) is 15. The lowest BCUT2D eigenvalue weighted by atomic mass is 10.1. The van der Waals surface area contributed by atoms with Gasteiger partial charge in [0.2, 0.25) is 0 Å². The number of nitrogens with one attached hydrogen (secondary N) is 1. The standard InChI is InChI=1S/C20H25N7O11P2S2/c1-32-14-11-6-34-39(30,41)37-10-4-9(35-18(10)27-8-24-13-16(21)22-7-23-17(13)27)5-33-40(31,42)38-15(14)19(36-11)26-3-2-12(28)25-20(26)29/h2-3,7-11,14-15,18-19H,4-6H2,1H3,(H,30,41)(H,31,42)(H2,21,22,23)(H,25,28,29)/t9-,10+,11+,14+,15?,18+,19+,39?,40?/m0/s1. The van der Waals surface area contributed by atoms with E-state index < -0.39 is 74.3 Å². The van der Waals surface area contributed by atoms with E-state index in [0.717, 1.165) is 10.6 Å². The Morgan fingerprint density at radius 3 is 2.71 bits per heavy atom. The number of nitrogens with two attached hydrogens (primary N) is 1. The fraction of sp³-hybridized carbons (Fsp3) is 0.550. The number of nitrogens with zero attached hydrogens (tertiary/aromatic N) is 5. The summed E-state index contributed by atoms with van der Waals surface area (Å²) in [6.07, 6.45) is -3.10. The predicted octanol–water partition coefficient (Wildman–Crippen LogP) is 0.230. The van der Waals surface area contributed by atoms with Crippen molar-refractivity contribution in [2.24, 2.45) is 0 Å². The maximum Gasteiger partial charge on any atom is 0.386 e. The Kier molecular flexibility index (Phi) is 8.18. The molecule has 9 atom stereocenters. The number of H-pyrrole nitrogens is 1. The Morgan fingerprint density at radius 1 is 1.14 bits per heavy atom. The number of aromatic amines is 1. The zero-order valence-corrected chi connectivity index (χ0v) is 25.1. The number of hydrogen-bond donors (Lipinski definition) is 4. The molecule has 0 aromatic carbocycles. The molecule has 6 heterocycles. The number of rotatable bonds is 3. The van der Waals surface area contributed by atoms with Gasteiger partial charge in [0, 0.05) is 25.8 Å². The van der Waals surface area contributed by atoms with E-state index in [9.17, 15) is 19.0 Å². The first-order chi connectivity index (χ1) is 19.9. The topological polar surface area (TPSA) is 226 Å². The minimum absolute atomic E-state index is 0.119. The average Bonchev–Trinajstić information content (AvgIpc) is 3.61. The maximum absolute atomic E-state index is 13.4. The fourth-order valence-corrected chi connectivity index (χ4v) is 7.96. The molecule has 4 N–H and O–H groups in total. The molecule has 42 heavy (non-hydrogen) atoms. The highest BCUT2D eigenvalue weighted by Crippen LogP contribution is 2.58. The summed E-state index contributed by atoms with van der Waals surface area (Å²) in [5, 5.41) is 0. The smallest absolute Gasteiger partial charge is 0.382 e. The largest absolute Gasteiger partial charge is 0.386 e. The number of methoxy groups -OCH3 is 1. The molecule has 0 amide bonds. The van der Waals surface area contributed by atoms with Crippen LogP contribution in [0.25, 0.3) is 11.2 Å². The number of imidazole rings is 1. The van der Waals surface area contributed by atoms with Crippen LogP contribution >= 0.6 is 25.8 Å². The molecule has 18 nitrogen and oxygen atoms in total. The number of anilines is 1. The lowest BCUT2D eigenvalue weighted by Crippen LogP contribution is -2.40. The summed E-state index contributed by atoms with van der Waals surface area (Å²) in [6, 6.07) is 1.10. The summed E-state index contributed by atoms with van der Waals surface area (Å²) in [5.41, 5.74) is 5.12. The van der Waals surface area contributed by atoms with Crippen molar-refractivity contribution in [3.8, 4) is 0 Å². The van der Waals surface area contributed by atoms with Crippen LogP contribution in [0.1, 0.15) is 18.9 Å². The van der Waals surface area contributed by atoms with Crippen molar-refractivity contribution in [1.29, 1.82) is 0 Å². The van der Waals surface area contributed by atoms with E-state index in [1.807, 2.05) is 0 Å².